The Morgan fingerprint density at radius 2 is 2.07 bits per heavy atom. The van der Waals surface area contributed by atoms with Crippen LogP contribution >= 0.6 is 0 Å². The van der Waals surface area contributed by atoms with Crippen molar-refractivity contribution in [2.75, 3.05) is 13.6 Å². The molecule has 2 fully saturated rings. The van der Waals surface area contributed by atoms with Crippen molar-refractivity contribution in [2.45, 2.75) is 31.8 Å². The van der Waals surface area contributed by atoms with Crippen LogP contribution in [0.15, 0.2) is 0 Å². The van der Waals surface area contributed by atoms with E-state index in [0.29, 0.717) is 12.5 Å². The van der Waals surface area contributed by atoms with Crippen LogP contribution in [0.3, 0.4) is 0 Å². The van der Waals surface area contributed by atoms with Crippen molar-refractivity contribution in [3.63, 3.8) is 0 Å². The normalized spacial score (nSPS) is 41.8. The second-order valence-electron chi connectivity index (χ2n) is 4.77. The number of carbonyl (C=O) groups is 2. The van der Waals surface area contributed by atoms with Crippen molar-refractivity contribution in [1.82, 2.24) is 15.5 Å². The number of urea groups is 1. The molecular formula is C10H17N3O2. The molecule has 84 valence electrons. The zero-order valence-corrected chi connectivity index (χ0v) is 9.33. The summed E-state index contributed by atoms with van der Waals surface area (Å²) >= 11 is 0. The van der Waals surface area contributed by atoms with Crippen LogP contribution in [0.2, 0.25) is 0 Å². The second-order valence-corrected chi connectivity index (χ2v) is 4.77. The molecule has 2 N–H and O–H groups in total. The van der Waals surface area contributed by atoms with Crippen molar-refractivity contribution in [2.24, 2.45) is 5.92 Å². The van der Waals surface area contributed by atoms with Gasteiger partial charge < -0.3 is 10.2 Å². The molecule has 0 unspecified atom stereocenters. The molecule has 0 aromatic heterocycles. The lowest BCUT2D eigenvalue weighted by Gasteiger charge is -2.44. The lowest BCUT2D eigenvalue weighted by Crippen LogP contribution is -2.62. The topological polar surface area (TPSA) is 61.4 Å². The highest BCUT2D eigenvalue weighted by molar-refractivity contribution is 6.07. The van der Waals surface area contributed by atoms with Crippen LogP contribution in [-0.4, -0.2) is 42.0 Å². The molecule has 0 bridgehead atoms. The van der Waals surface area contributed by atoms with Crippen molar-refractivity contribution >= 4 is 11.9 Å². The van der Waals surface area contributed by atoms with Crippen molar-refractivity contribution in [3.8, 4) is 0 Å². The third-order valence-electron chi connectivity index (χ3n) is 3.74. The minimum absolute atomic E-state index is 0.144. The average Bonchev–Trinajstić information content (AvgIpc) is 2.40. The van der Waals surface area contributed by atoms with E-state index in [2.05, 4.69) is 22.5 Å². The van der Waals surface area contributed by atoms with Crippen molar-refractivity contribution < 1.29 is 9.59 Å². The lowest BCUT2D eigenvalue weighted by atomic mass is 9.76. The minimum Gasteiger partial charge on any atom is -0.323 e. The Bertz CT molecular complexity index is 318. The summed E-state index contributed by atoms with van der Waals surface area (Å²) in [6.45, 7) is 4.91. The Morgan fingerprint density at radius 1 is 1.40 bits per heavy atom. The number of hydrogen-bond donors (Lipinski definition) is 2. The van der Waals surface area contributed by atoms with Crippen LogP contribution < -0.4 is 10.6 Å². The lowest BCUT2D eigenvalue weighted by molar-refractivity contribution is -0.128. The Morgan fingerprint density at radius 3 is 2.60 bits per heavy atom. The molecule has 0 saturated carbocycles. The summed E-state index contributed by atoms with van der Waals surface area (Å²) in [4.78, 5) is 25.2. The van der Waals surface area contributed by atoms with Gasteiger partial charge in [-0.25, -0.2) is 4.79 Å². The monoisotopic (exact) mass is 211 g/mol. The average molecular weight is 211 g/mol. The van der Waals surface area contributed by atoms with Crippen LogP contribution in [-0.2, 0) is 4.79 Å². The molecule has 3 atom stereocenters. The van der Waals surface area contributed by atoms with Gasteiger partial charge in [0.15, 0.2) is 0 Å². The first-order chi connectivity index (χ1) is 6.95. The van der Waals surface area contributed by atoms with E-state index in [0.717, 1.165) is 6.54 Å². The molecule has 0 aliphatic carbocycles. The molecule has 5 nitrogen and oxygen atoms in total. The molecular weight excluding hydrogens is 194 g/mol. The van der Waals surface area contributed by atoms with Gasteiger partial charge in [0.25, 0.3) is 5.91 Å². The highest BCUT2D eigenvalue weighted by Gasteiger charge is 2.53. The number of amides is 3. The molecule has 3 amide bonds. The van der Waals surface area contributed by atoms with Gasteiger partial charge in [0.05, 0.1) is 0 Å². The van der Waals surface area contributed by atoms with E-state index in [9.17, 15) is 9.59 Å². The Labute approximate surface area is 89.2 Å². The number of nitrogens with one attached hydrogen (secondary N) is 2. The SMILES string of the molecule is C[C@H]1C[C@@]2(NC(=O)NC2=O)[C@@H](C)CN1C. The predicted octanol–water partition coefficient (Wildman–Crippen LogP) is -0.0753. The molecule has 2 rings (SSSR count). The number of piperidine rings is 1. The first-order valence-corrected chi connectivity index (χ1v) is 5.29. The van der Waals surface area contributed by atoms with Gasteiger partial charge in [0.1, 0.15) is 5.54 Å². The number of hydrogen-bond acceptors (Lipinski definition) is 3. The molecule has 2 aliphatic heterocycles. The van der Waals surface area contributed by atoms with Gasteiger partial charge in [-0.05, 0) is 20.4 Å². The van der Waals surface area contributed by atoms with E-state index in [1.165, 1.54) is 0 Å². The standard InChI is InChI=1S/C10H17N3O2/c1-6-5-13(3)7(2)4-10(6)8(14)11-9(15)12-10/h6-7H,4-5H2,1-3H3,(H2,11,12,14,15)/t6-,7-,10+/m0/s1. The third-order valence-corrected chi connectivity index (χ3v) is 3.74. The van der Waals surface area contributed by atoms with Gasteiger partial charge in [-0.15, -0.1) is 0 Å². The van der Waals surface area contributed by atoms with Crippen molar-refractivity contribution in [1.29, 1.82) is 0 Å². The fraction of sp³-hybridized carbons (Fsp3) is 0.800. The summed E-state index contributed by atoms with van der Waals surface area (Å²) in [6.07, 6.45) is 0.683. The number of imide groups is 1. The zero-order chi connectivity index (χ0) is 11.2. The van der Waals surface area contributed by atoms with E-state index in [4.69, 9.17) is 0 Å². The van der Waals surface area contributed by atoms with Crippen LogP contribution in [0.5, 0.6) is 0 Å². The summed E-state index contributed by atoms with van der Waals surface area (Å²) < 4.78 is 0. The molecule has 0 aromatic rings. The molecule has 2 aliphatic rings. The quantitative estimate of drug-likeness (QED) is 0.551. The largest absolute Gasteiger partial charge is 0.323 e. The molecule has 0 aromatic carbocycles. The number of rotatable bonds is 0. The smallest absolute Gasteiger partial charge is 0.322 e. The fourth-order valence-electron chi connectivity index (χ4n) is 2.59. The maximum absolute atomic E-state index is 11.8. The molecule has 15 heavy (non-hydrogen) atoms. The van der Waals surface area contributed by atoms with E-state index in [1.54, 1.807) is 0 Å². The summed E-state index contributed by atoms with van der Waals surface area (Å²) in [7, 11) is 2.04. The minimum atomic E-state index is -0.678. The number of nitrogens with zero attached hydrogens (tertiary/aromatic N) is 1. The van der Waals surface area contributed by atoms with Gasteiger partial charge in [0, 0.05) is 18.5 Å². The van der Waals surface area contributed by atoms with Gasteiger partial charge in [-0.2, -0.15) is 0 Å². The predicted molar refractivity (Wildman–Crippen MR) is 55.3 cm³/mol. The summed E-state index contributed by atoms with van der Waals surface area (Å²) in [6, 6.07) is -0.0473. The molecule has 1 spiro atoms. The van der Waals surface area contributed by atoms with Crippen LogP contribution in [0.25, 0.3) is 0 Å². The summed E-state index contributed by atoms with van der Waals surface area (Å²) in [5, 5.41) is 5.13. The Balaban J connectivity index is 2.27. The highest BCUT2D eigenvalue weighted by atomic mass is 16.2. The zero-order valence-electron chi connectivity index (χ0n) is 9.33. The van der Waals surface area contributed by atoms with Gasteiger partial charge in [0.2, 0.25) is 0 Å². The molecule has 5 heteroatoms. The molecule has 2 heterocycles. The molecule has 2 saturated heterocycles. The maximum Gasteiger partial charge on any atom is 0.322 e. The van der Waals surface area contributed by atoms with Crippen LogP contribution in [0.1, 0.15) is 20.3 Å². The molecule has 0 radical (unpaired) electrons. The van der Waals surface area contributed by atoms with E-state index in [-0.39, 0.29) is 17.9 Å². The Kier molecular flexibility index (Phi) is 2.22. The first kappa shape index (κ1) is 10.4. The summed E-state index contributed by atoms with van der Waals surface area (Å²) in [5.74, 6) is -0.0231. The summed E-state index contributed by atoms with van der Waals surface area (Å²) in [5.41, 5.74) is -0.678. The first-order valence-electron chi connectivity index (χ1n) is 5.29. The maximum atomic E-state index is 11.8. The fourth-order valence-corrected chi connectivity index (χ4v) is 2.59. The Hall–Kier alpha value is -1.10. The van der Waals surface area contributed by atoms with Crippen LogP contribution in [0.4, 0.5) is 4.79 Å². The number of likely N-dealkylation sites (tertiary alicyclic amines) is 1. The van der Waals surface area contributed by atoms with Crippen molar-refractivity contribution in [3.05, 3.63) is 0 Å². The van der Waals surface area contributed by atoms with E-state index >= 15 is 0 Å². The van der Waals surface area contributed by atoms with E-state index < -0.39 is 5.54 Å². The van der Waals surface area contributed by atoms with Gasteiger partial charge in [-0.1, -0.05) is 6.92 Å². The van der Waals surface area contributed by atoms with Gasteiger partial charge in [-0.3, -0.25) is 10.1 Å². The second kappa shape index (κ2) is 3.20. The number of carbonyl (C=O) groups excluding carboxylic acids is 2. The third kappa shape index (κ3) is 1.42. The van der Waals surface area contributed by atoms with Crippen LogP contribution in [0, 0.1) is 5.92 Å². The van der Waals surface area contributed by atoms with Gasteiger partial charge >= 0.3 is 6.03 Å². The van der Waals surface area contributed by atoms with E-state index in [1.807, 2.05) is 14.0 Å². The highest BCUT2D eigenvalue weighted by Crippen LogP contribution is 2.33.